The number of hydrogen-bond acceptors (Lipinski definition) is 3. The van der Waals surface area contributed by atoms with E-state index >= 15 is 0 Å². The van der Waals surface area contributed by atoms with Crippen LogP contribution >= 0.6 is 0 Å². The van der Waals surface area contributed by atoms with Crippen LogP contribution in [0.15, 0.2) is 18.2 Å². The van der Waals surface area contributed by atoms with Crippen molar-refractivity contribution in [2.45, 2.75) is 20.3 Å². The molecule has 4 nitrogen and oxygen atoms in total. The Morgan fingerprint density at radius 1 is 1.25 bits per heavy atom. The number of ketones is 1. The first kappa shape index (κ1) is 14.3. The molecule has 0 bridgehead atoms. The van der Waals surface area contributed by atoms with Crippen LogP contribution < -0.4 is 0 Å². The molecular formula is C14H13F2NO3. The highest BCUT2D eigenvalue weighted by atomic mass is 19.2. The zero-order valence-electron chi connectivity index (χ0n) is 11.1. The van der Waals surface area contributed by atoms with E-state index in [1.165, 1.54) is 0 Å². The van der Waals surface area contributed by atoms with Gasteiger partial charge in [0.05, 0.1) is 12.0 Å². The van der Waals surface area contributed by atoms with E-state index in [1.54, 1.807) is 13.8 Å². The summed E-state index contributed by atoms with van der Waals surface area (Å²) in [6, 6.07) is 2.71. The molecule has 0 spiro atoms. The van der Waals surface area contributed by atoms with Crippen LogP contribution in [0.2, 0.25) is 0 Å². The van der Waals surface area contributed by atoms with Crippen LogP contribution in [0.25, 0.3) is 0 Å². The molecule has 6 heteroatoms. The highest BCUT2D eigenvalue weighted by Crippen LogP contribution is 2.31. The zero-order valence-corrected chi connectivity index (χ0v) is 11.1. The Balaban J connectivity index is 2.18. The molecule has 1 fully saturated rings. The Kier molecular flexibility index (Phi) is 3.41. The van der Waals surface area contributed by atoms with Crippen molar-refractivity contribution in [1.29, 1.82) is 0 Å². The van der Waals surface area contributed by atoms with Crippen LogP contribution in [-0.4, -0.2) is 29.0 Å². The molecule has 1 heterocycles. The number of carbonyl (C=O) groups is 3. The largest absolute Gasteiger partial charge is 0.292 e. The maximum absolute atomic E-state index is 13.1. The van der Waals surface area contributed by atoms with E-state index in [9.17, 15) is 23.2 Å². The van der Waals surface area contributed by atoms with E-state index in [4.69, 9.17) is 0 Å². The highest BCUT2D eigenvalue weighted by Gasteiger charge is 2.45. The summed E-state index contributed by atoms with van der Waals surface area (Å²) < 4.78 is 25.8. The quantitative estimate of drug-likeness (QED) is 0.628. The Morgan fingerprint density at radius 2 is 1.90 bits per heavy atom. The second kappa shape index (κ2) is 4.77. The number of halogens is 2. The molecule has 0 aromatic heterocycles. The zero-order chi connectivity index (χ0) is 15.1. The fourth-order valence-electron chi connectivity index (χ4n) is 2.09. The molecule has 1 aromatic rings. The number of imide groups is 1. The van der Waals surface area contributed by atoms with E-state index in [1.807, 2.05) is 0 Å². The minimum absolute atomic E-state index is 0.0386. The summed E-state index contributed by atoms with van der Waals surface area (Å²) in [6.45, 7) is 2.79. The monoisotopic (exact) mass is 281 g/mol. The summed E-state index contributed by atoms with van der Waals surface area (Å²) in [5, 5.41) is 0. The van der Waals surface area contributed by atoms with E-state index in [-0.39, 0.29) is 12.0 Å². The molecule has 0 radical (unpaired) electrons. The van der Waals surface area contributed by atoms with Crippen molar-refractivity contribution in [3.05, 3.63) is 35.4 Å². The van der Waals surface area contributed by atoms with Gasteiger partial charge in [-0.25, -0.2) is 8.78 Å². The van der Waals surface area contributed by atoms with Crippen molar-refractivity contribution < 1.29 is 23.2 Å². The maximum atomic E-state index is 13.1. The molecule has 1 aliphatic heterocycles. The van der Waals surface area contributed by atoms with Crippen LogP contribution in [0.5, 0.6) is 0 Å². The van der Waals surface area contributed by atoms with Crippen molar-refractivity contribution in [3.8, 4) is 0 Å². The number of likely N-dealkylation sites (tertiary alicyclic amines) is 1. The van der Waals surface area contributed by atoms with Gasteiger partial charge in [-0.3, -0.25) is 19.3 Å². The molecule has 0 atom stereocenters. The van der Waals surface area contributed by atoms with Gasteiger partial charge < -0.3 is 0 Å². The molecule has 20 heavy (non-hydrogen) atoms. The summed E-state index contributed by atoms with van der Waals surface area (Å²) in [4.78, 5) is 36.4. The Labute approximate surface area is 114 Å². The van der Waals surface area contributed by atoms with Gasteiger partial charge in [-0.2, -0.15) is 0 Å². The topological polar surface area (TPSA) is 54.5 Å². The lowest BCUT2D eigenvalue weighted by molar-refractivity contribution is -0.140. The summed E-state index contributed by atoms with van der Waals surface area (Å²) in [5.74, 6) is -3.68. The summed E-state index contributed by atoms with van der Waals surface area (Å²) in [7, 11) is 0. The Hall–Kier alpha value is -2.11. The first-order valence-electron chi connectivity index (χ1n) is 6.05. The lowest BCUT2D eigenvalue weighted by atomic mass is 9.92. The average molecular weight is 281 g/mol. The summed E-state index contributed by atoms with van der Waals surface area (Å²) in [6.07, 6.45) is 0.0386. The standard InChI is InChI=1S/C14H13F2NO3/c1-14(2)6-12(19)17(13(14)20)7-11(18)8-3-4-9(15)10(16)5-8/h3-5H,6-7H2,1-2H3. The Morgan fingerprint density at radius 3 is 2.40 bits per heavy atom. The van der Waals surface area contributed by atoms with Gasteiger partial charge in [-0.1, -0.05) is 13.8 Å². The molecule has 1 aromatic carbocycles. The van der Waals surface area contributed by atoms with Gasteiger partial charge >= 0.3 is 0 Å². The number of amides is 2. The normalized spacial score (nSPS) is 17.7. The number of Topliss-reactive ketones (excluding diaryl/α,β-unsaturated/α-hetero) is 1. The SMILES string of the molecule is CC1(C)CC(=O)N(CC(=O)c2ccc(F)c(F)c2)C1=O. The lowest BCUT2D eigenvalue weighted by Gasteiger charge is -2.17. The first-order valence-corrected chi connectivity index (χ1v) is 6.05. The average Bonchev–Trinajstić information content (AvgIpc) is 2.55. The number of carbonyl (C=O) groups excluding carboxylic acids is 3. The predicted octanol–water partition coefficient (Wildman–Crippen LogP) is 1.93. The van der Waals surface area contributed by atoms with Crippen molar-refractivity contribution >= 4 is 17.6 Å². The number of hydrogen-bond donors (Lipinski definition) is 0. The van der Waals surface area contributed by atoms with Crippen molar-refractivity contribution in [2.24, 2.45) is 5.41 Å². The molecule has 1 saturated heterocycles. The van der Waals surface area contributed by atoms with E-state index < -0.39 is 41.2 Å². The first-order chi connectivity index (χ1) is 9.22. The second-order valence-electron chi connectivity index (χ2n) is 5.40. The van der Waals surface area contributed by atoms with Crippen molar-refractivity contribution in [1.82, 2.24) is 4.90 Å². The third-order valence-corrected chi connectivity index (χ3v) is 3.26. The maximum Gasteiger partial charge on any atom is 0.235 e. The van der Waals surface area contributed by atoms with Gasteiger partial charge in [0.15, 0.2) is 17.4 Å². The highest BCUT2D eigenvalue weighted by molar-refractivity contribution is 6.10. The van der Waals surface area contributed by atoms with Gasteiger partial charge in [0, 0.05) is 12.0 Å². The van der Waals surface area contributed by atoms with E-state index in [2.05, 4.69) is 0 Å². The van der Waals surface area contributed by atoms with Gasteiger partial charge in [0.2, 0.25) is 11.8 Å². The van der Waals surface area contributed by atoms with Gasteiger partial charge in [-0.15, -0.1) is 0 Å². The number of benzene rings is 1. The smallest absolute Gasteiger partial charge is 0.235 e. The van der Waals surface area contributed by atoms with Crippen LogP contribution in [0.4, 0.5) is 8.78 Å². The predicted molar refractivity (Wildman–Crippen MR) is 65.8 cm³/mol. The fourth-order valence-corrected chi connectivity index (χ4v) is 2.09. The third-order valence-electron chi connectivity index (χ3n) is 3.26. The Bertz CT molecular complexity index is 610. The van der Waals surface area contributed by atoms with Crippen LogP contribution in [0, 0.1) is 17.0 Å². The van der Waals surface area contributed by atoms with E-state index in [0.29, 0.717) is 0 Å². The van der Waals surface area contributed by atoms with Crippen LogP contribution in [0.1, 0.15) is 30.6 Å². The molecule has 1 aliphatic rings. The molecule has 2 amide bonds. The minimum Gasteiger partial charge on any atom is -0.292 e. The summed E-state index contributed by atoms with van der Waals surface area (Å²) in [5.41, 5.74) is -0.903. The molecular weight excluding hydrogens is 268 g/mol. The van der Waals surface area contributed by atoms with E-state index in [0.717, 1.165) is 23.1 Å². The summed E-state index contributed by atoms with van der Waals surface area (Å²) >= 11 is 0. The van der Waals surface area contributed by atoms with Gasteiger partial charge in [0.1, 0.15) is 0 Å². The van der Waals surface area contributed by atoms with Crippen molar-refractivity contribution in [2.75, 3.05) is 6.54 Å². The fraction of sp³-hybridized carbons (Fsp3) is 0.357. The third kappa shape index (κ3) is 2.45. The van der Waals surface area contributed by atoms with Gasteiger partial charge in [-0.05, 0) is 18.2 Å². The van der Waals surface area contributed by atoms with Crippen LogP contribution in [0.3, 0.4) is 0 Å². The molecule has 0 aliphatic carbocycles. The minimum atomic E-state index is -1.14. The second-order valence-corrected chi connectivity index (χ2v) is 5.40. The lowest BCUT2D eigenvalue weighted by Crippen LogP contribution is -2.37. The molecule has 106 valence electrons. The molecule has 2 rings (SSSR count). The number of nitrogens with zero attached hydrogens (tertiary/aromatic N) is 1. The van der Waals surface area contributed by atoms with Crippen LogP contribution in [-0.2, 0) is 9.59 Å². The number of rotatable bonds is 3. The molecule has 0 saturated carbocycles. The molecule has 0 N–H and O–H groups in total. The molecule has 0 unspecified atom stereocenters. The van der Waals surface area contributed by atoms with Gasteiger partial charge in [0.25, 0.3) is 0 Å². The van der Waals surface area contributed by atoms with Crippen molar-refractivity contribution in [3.63, 3.8) is 0 Å².